The molecule has 6 nitrogen and oxygen atoms in total. The molecular formula is C19H10Cl2F3N5OS. The first-order valence-corrected chi connectivity index (χ1v) is 10.2. The van der Waals surface area contributed by atoms with E-state index in [1.807, 2.05) is 0 Å². The van der Waals surface area contributed by atoms with Crippen LogP contribution in [0.5, 0.6) is 0 Å². The highest BCUT2D eigenvalue weighted by molar-refractivity contribution is 7.14. The first-order valence-electron chi connectivity index (χ1n) is 8.53. The zero-order valence-electron chi connectivity index (χ0n) is 15.2. The lowest BCUT2D eigenvalue weighted by Crippen LogP contribution is -2.21. The van der Waals surface area contributed by atoms with Gasteiger partial charge < -0.3 is 0 Å². The summed E-state index contributed by atoms with van der Waals surface area (Å²) in [6.07, 6.45) is -2.67. The van der Waals surface area contributed by atoms with Crippen molar-refractivity contribution in [3.63, 3.8) is 0 Å². The van der Waals surface area contributed by atoms with Gasteiger partial charge in [-0.05, 0) is 30.3 Å². The molecule has 1 amide bonds. The molecule has 0 saturated carbocycles. The molecule has 3 aromatic heterocycles. The predicted molar refractivity (Wildman–Crippen MR) is 112 cm³/mol. The van der Waals surface area contributed by atoms with Crippen LogP contribution in [-0.4, -0.2) is 25.7 Å². The van der Waals surface area contributed by atoms with Crippen LogP contribution in [0.1, 0.15) is 16.1 Å². The van der Waals surface area contributed by atoms with E-state index in [2.05, 4.69) is 20.4 Å². The van der Waals surface area contributed by atoms with Gasteiger partial charge in [0.2, 0.25) is 0 Å². The van der Waals surface area contributed by atoms with Gasteiger partial charge in [0.1, 0.15) is 0 Å². The zero-order chi connectivity index (χ0) is 22.2. The van der Waals surface area contributed by atoms with Gasteiger partial charge in [0.05, 0.1) is 22.5 Å². The number of thiazole rings is 1. The highest BCUT2D eigenvalue weighted by Crippen LogP contribution is 2.35. The molecule has 1 aromatic carbocycles. The maximum Gasteiger partial charge on any atom is 0.434 e. The number of rotatable bonds is 4. The number of carbonyl (C=O) groups is 1. The number of carbonyl (C=O) groups excluding carboxylic acids is 1. The molecule has 0 spiro atoms. The fourth-order valence-electron chi connectivity index (χ4n) is 2.76. The number of anilines is 1. The molecule has 0 unspecified atom stereocenters. The van der Waals surface area contributed by atoms with Crippen LogP contribution in [0.2, 0.25) is 10.0 Å². The molecule has 31 heavy (non-hydrogen) atoms. The third-order valence-electron chi connectivity index (χ3n) is 4.08. The van der Waals surface area contributed by atoms with Gasteiger partial charge in [-0.3, -0.25) is 10.1 Å². The standard InChI is InChI=1S/C19H10Cl2F3N5OS/c20-10-4-5-11(13(21)7-10)14-9-31-18(27-14)28-17(30)12-8-26-29(16(12)19(22,23)24)15-3-1-2-6-25-15/h1-9H,(H,27,28,30). The molecule has 0 saturated heterocycles. The number of hydrogen-bond donors (Lipinski definition) is 1. The van der Waals surface area contributed by atoms with E-state index in [9.17, 15) is 18.0 Å². The van der Waals surface area contributed by atoms with Crippen molar-refractivity contribution in [3.8, 4) is 17.1 Å². The van der Waals surface area contributed by atoms with Crippen molar-refractivity contribution < 1.29 is 18.0 Å². The Morgan fingerprint density at radius 1 is 1.16 bits per heavy atom. The minimum absolute atomic E-state index is 0.0669. The van der Waals surface area contributed by atoms with Gasteiger partial charge in [-0.2, -0.15) is 18.3 Å². The second kappa shape index (κ2) is 8.29. The Morgan fingerprint density at radius 3 is 2.65 bits per heavy atom. The fraction of sp³-hybridized carbons (Fsp3) is 0.0526. The maximum atomic E-state index is 13.7. The first kappa shape index (κ1) is 21.3. The Labute approximate surface area is 187 Å². The van der Waals surface area contributed by atoms with Crippen molar-refractivity contribution in [2.45, 2.75) is 6.18 Å². The summed E-state index contributed by atoms with van der Waals surface area (Å²) in [5.74, 6) is -1.07. The largest absolute Gasteiger partial charge is 0.434 e. The van der Waals surface area contributed by atoms with Crippen molar-refractivity contribution >= 4 is 45.6 Å². The van der Waals surface area contributed by atoms with Gasteiger partial charge in [-0.25, -0.2) is 14.6 Å². The molecule has 0 fully saturated rings. The molecule has 4 rings (SSSR count). The van der Waals surface area contributed by atoms with Crippen molar-refractivity contribution in [2.24, 2.45) is 0 Å². The van der Waals surface area contributed by atoms with E-state index in [0.717, 1.165) is 17.5 Å². The van der Waals surface area contributed by atoms with Crippen molar-refractivity contribution in [3.05, 3.63) is 75.5 Å². The van der Waals surface area contributed by atoms with E-state index in [0.29, 0.717) is 26.0 Å². The zero-order valence-corrected chi connectivity index (χ0v) is 17.5. The Hall–Kier alpha value is -2.95. The molecule has 0 atom stereocenters. The lowest BCUT2D eigenvalue weighted by molar-refractivity contribution is -0.143. The summed E-state index contributed by atoms with van der Waals surface area (Å²) in [5.41, 5.74) is -0.871. The SMILES string of the molecule is O=C(Nc1nc(-c2ccc(Cl)cc2Cl)cs1)c1cnn(-c2ccccn2)c1C(F)(F)F. The van der Waals surface area contributed by atoms with Gasteiger partial charge in [0, 0.05) is 22.2 Å². The Kier molecular flexibility index (Phi) is 5.69. The van der Waals surface area contributed by atoms with Gasteiger partial charge in [-0.1, -0.05) is 29.3 Å². The van der Waals surface area contributed by atoms with Gasteiger partial charge in [0.15, 0.2) is 16.6 Å². The highest BCUT2D eigenvalue weighted by atomic mass is 35.5. The predicted octanol–water partition coefficient (Wildman–Crippen LogP) is 5.97. The van der Waals surface area contributed by atoms with Crippen molar-refractivity contribution in [1.82, 2.24) is 19.7 Å². The average molecular weight is 484 g/mol. The second-order valence-electron chi connectivity index (χ2n) is 6.12. The van der Waals surface area contributed by atoms with Gasteiger partial charge >= 0.3 is 6.18 Å². The Morgan fingerprint density at radius 2 is 1.97 bits per heavy atom. The molecule has 1 N–H and O–H groups in total. The smallest absolute Gasteiger partial charge is 0.298 e. The number of nitrogens with zero attached hydrogens (tertiary/aromatic N) is 4. The molecule has 0 bridgehead atoms. The number of halogens is 5. The van der Waals surface area contributed by atoms with Crippen LogP contribution in [0.3, 0.4) is 0 Å². The van der Waals surface area contributed by atoms with E-state index >= 15 is 0 Å². The molecule has 4 aromatic rings. The number of nitrogens with one attached hydrogen (secondary N) is 1. The lowest BCUT2D eigenvalue weighted by atomic mass is 10.2. The number of alkyl halides is 3. The van der Waals surface area contributed by atoms with Crippen LogP contribution >= 0.6 is 34.5 Å². The summed E-state index contributed by atoms with van der Waals surface area (Å²) in [5, 5.41) is 8.62. The van der Waals surface area contributed by atoms with E-state index in [1.165, 1.54) is 24.4 Å². The number of pyridine rings is 1. The number of aromatic nitrogens is 4. The van der Waals surface area contributed by atoms with Crippen LogP contribution in [0.25, 0.3) is 17.1 Å². The summed E-state index contributed by atoms with van der Waals surface area (Å²) in [6.45, 7) is 0. The summed E-state index contributed by atoms with van der Waals surface area (Å²) in [4.78, 5) is 20.7. The average Bonchev–Trinajstić information content (AvgIpc) is 3.36. The molecular weight excluding hydrogens is 474 g/mol. The van der Waals surface area contributed by atoms with Crippen LogP contribution < -0.4 is 5.32 Å². The third-order valence-corrected chi connectivity index (χ3v) is 5.39. The van der Waals surface area contributed by atoms with Crippen molar-refractivity contribution in [1.29, 1.82) is 0 Å². The molecule has 0 radical (unpaired) electrons. The number of benzene rings is 1. The number of amides is 1. The second-order valence-corrected chi connectivity index (χ2v) is 7.82. The third kappa shape index (κ3) is 4.41. The summed E-state index contributed by atoms with van der Waals surface area (Å²) >= 11 is 13.1. The minimum Gasteiger partial charge on any atom is -0.298 e. The summed E-state index contributed by atoms with van der Waals surface area (Å²) in [6, 6.07) is 9.25. The van der Waals surface area contributed by atoms with E-state index < -0.39 is 23.3 Å². The summed E-state index contributed by atoms with van der Waals surface area (Å²) in [7, 11) is 0. The minimum atomic E-state index is -4.84. The molecule has 158 valence electrons. The van der Waals surface area contributed by atoms with E-state index in [4.69, 9.17) is 23.2 Å². The Balaban J connectivity index is 1.64. The van der Waals surface area contributed by atoms with E-state index in [-0.39, 0.29) is 10.9 Å². The lowest BCUT2D eigenvalue weighted by Gasteiger charge is -2.11. The van der Waals surface area contributed by atoms with Crippen LogP contribution in [0.15, 0.2) is 54.2 Å². The number of hydrogen-bond acceptors (Lipinski definition) is 5. The maximum absolute atomic E-state index is 13.7. The first-order chi connectivity index (χ1) is 14.7. The highest BCUT2D eigenvalue weighted by Gasteiger charge is 2.41. The quantitative estimate of drug-likeness (QED) is 0.388. The molecule has 0 aliphatic carbocycles. The van der Waals surface area contributed by atoms with Crippen molar-refractivity contribution in [2.75, 3.05) is 5.32 Å². The normalized spacial score (nSPS) is 11.5. The van der Waals surface area contributed by atoms with Crippen LogP contribution in [0, 0.1) is 0 Å². The fourth-order valence-corrected chi connectivity index (χ4v) is 3.97. The monoisotopic (exact) mass is 483 g/mol. The van der Waals surface area contributed by atoms with E-state index in [1.54, 1.807) is 23.6 Å². The molecule has 0 aliphatic heterocycles. The topological polar surface area (TPSA) is 72.7 Å². The van der Waals surface area contributed by atoms with Gasteiger partial charge in [-0.15, -0.1) is 11.3 Å². The molecule has 12 heteroatoms. The molecule has 3 heterocycles. The molecule has 0 aliphatic rings. The van der Waals surface area contributed by atoms with Gasteiger partial charge in [0.25, 0.3) is 5.91 Å². The van der Waals surface area contributed by atoms with Crippen LogP contribution in [0.4, 0.5) is 18.3 Å². The Bertz CT molecular complexity index is 1260. The summed E-state index contributed by atoms with van der Waals surface area (Å²) < 4.78 is 41.7. The van der Waals surface area contributed by atoms with Crippen LogP contribution in [-0.2, 0) is 6.18 Å².